The van der Waals surface area contributed by atoms with Crippen LogP contribution in [-0.4, -0.2) is 11.6 Å². The summed E-state index contributed by atoms with van der Waals surface area (Å²) in [7, 11) is 0. The van der Waals surface area contributed by atoms with Gasteiger partial charge in [0.1, 0.15) is 0 Å². The zero-order valence-corrected chi connectivity index (χ0v) is 28.9. The molecule has 6 rings (SSSR count). The molecule has 0 amide bonds. The largest absolute Gasteiger partial charge is 0.295 e. The lowest BCUT2D eigenvalue weighted by Crippen LogP contribution is -2.63. The van der Waals surface area contributed by atoms with Crippen LogP contribution in [0.25, 0.3) is 12.2 Å². The average Bonchev–Trinajstić information content (AvgIpc) is 3.30. The van der Waals surface area contributed by atoms with Gasteiger partial charge in [-0.3, -0.25) is 9.59 Å². The Morgan fingerprint density at radius 1 is 0.762 bits per heavy atom. The maximum atomic E-state index is 14.0. The van der Waals surface area contributed by atoms with E-state index in [1.165, 1.54) is 0 Å². The van der Waals surface area contributed by atoms with E-state index in [0.717, 1.165) is 70.6 Å². The van der Waals surface area contributed by atoms with Crippen LogP contribution in [0.4, 0.5) is 0 Å². The molecule has 0 saturated heterocycles. The van der Waals surface area contributed by atoms with Crippen LogP contribution in [0, 0.1) is 45.3 Å². The summed E-state index contributed by atoms with van der Waals surface area (Å²) in [5.41, 5.74) is 3.14. The number of rotatable bonds is 4. The molecular formula is C38H44Br2O2. The van der Waals surface area contributed by atoms with Gasteiger partial charge in [0, 0.05) is 20.3 Å². The number of carbonyl (C=O) groups excluding carboxylic acids is 2. The average molecular weight is 693 g/mol. The van der Waals surface area contributed by atoms with Gasteiger partial charge in [-0.25, -0.2) is 0 Å². The van der Waals surface area contributed by atoms with Crippen molar-refractivity contribution in [3.8, 4) is 0 Å². The van der Waals surface area contributed by atoms with Gasteiger partial charge in [-0.15, -0.1) is 0 Å². The van der Waals surface area contributed by atoms with Gasteiger partial charge in [0.05, 0.1) is 0 Å². The maximum Gasteiger partial charge on any atom is 0.164 e. The second-order valence-corrected chi connectivity index (χ2v) is 16.9. The lowest BCUT2D eigenvalue weighted by atomic mass is 9.35. The molecule has 2 nitrogen and oxygen atoms in total. The molecule has 4 aliphatic rings. The normalized spacial score (nSPS) is 38.3. The number of benzene rings is 2. The molecular weight excluding hydrogens is 648 g/mol. The van der Waals surface area contributed by atoms with Gasteiger partial charge >= 0.3 is 0 Å². The number of allylic oxidation sites excluding steroid dienone is 2. The Bertz CT molecular complexity index is 1450. The number of hydrogen-bond acceptors (Lipinski definition) is 2. The third-order valence-corrected chi connectivity index (χ3v) is 13.9. The van der Waals surface area contributed by atoms with Crippen molar-refractivity contribution in [3.05, 3.63) is 80.3 Å². The Balaban J connectivity index is 1.30. The van der Waals surface area contributed by atoms with Crippen molar-refractivity contribution in [1.82, 2.24) is 0 Å². The van der Waals surface area contributed by atoms with E-state index in [1.807, 2.05) is 36.4 Å². The van der Waals surface area contributed by atoms with Gasteiger partial charge in [-0.2, -0.15) is 0 Å². The third kappa shape index (κ3) is 4.69. The van der Waals surface area contributed by atoms with Crippen molar-refractivity contribution >= 4 is 55.6 Å². The van der Waals surface area contributed by atoms with Gasteiger partial charge in [0.2, 0.25) is 0 Å². The smallest absolute Gasteiger partial charge is 0.164 e. The Kier molecular flexibility index (Phi) is 7.70. The highest BCUT2D eigenvalue weighted by molar-refractivity contribution is 9.10. The highest BCUT2D eigenvalue weighted by atomic mass is 79.9. The van der Waals surface area contributed by atoms with Crippen molar-refractivity contribution in [2.75, 3.05) is 0 Å². The SMILES string of the molecule is CC1(C)C(=O)/C(=C\c2ccc(Br)cc2)C[C@]2(C)[C@H]3CC[C@@H]4[C@@H](C(=O)/C=C/c5ccc(Br)cc5)CC[C@@]4(C)[C@]3(C)CC[C@@H]12. The molecule has 0 aliphatic heterocycles. The van der Waals surface area contributed by atoms with E-state index >= 15 is 0 Å². The molecule has 0 aromatic heterocycles. The monoisotopic (exact) mass is 690 g/mol. The summed E-state index contributed by atoms with van der Waals surface area (Å²) in [6.45, 7) is 12.0. The van der Waals surface area contributed by atoms with Gasteiger partial charge in [0.15, 0.2) is 11.6 Å². The van der Waals surface area contributed by atoms with Gasteiger partial charge in [-0.05, 0) is 132 Å². The third-order valence-electron chi connectivity index (χ3n) is 12.9. The maximum absolute atomic E-state index is 14.0. The zero-order valence-electron chi connectivity index (χ0n) is 25.7. The first-order valence-corrected chi connectivity index (χ1v) is 17.4. The van der Waals surface area contributed by atoms with Crippen LogP contribution in [0.5, 0.6) is 0 Å². The fraction of sp³-hybridized carbons (Fsp3) is 0.526. The van der Waals surface area contributed by atoms with E-state index in [9.17, 15) is 9.59 Å². The number of carbonyl (C=O) groups is 2. The van der Waals surface area contributed by atoms with Crippen LogP contribution in [0.3, 0.4) is 0 Å². The molecule has 4 saturated carbocycles. The predicted molar refractivity (Wildman–Crippen MR) is 180 cm³/mol. The van der Waals surface area contributed by atoms with E-state index < -0.39 is 0 Å². The van der Waals surface area contributed by atoms with E-state index in [-0.39, 0.29) is 27.6 Å². The number of ketones is 2. The molecule has 4 fully saturated rings. The van der Waals surface area contributed by atoms with Crippen LogP contribution >= 0.6 is 31.9 Å². The van der Waals surface area contributed by atoms with Crippen molar-refractivity contribution in [2.24, 2.45) is 45.3 Å². The molecule has 2 aromatic rings. The van der Waals surface area contributed by atoms with Crippen molar-refractivity contribution in [3.63, 3.8) is 0 Å². The Labute approximate surface area is 269 Å². The summed E-state index contributed by atoms with van der Waals surface area (Å²) in [5.74, 6) is 2.10. The first-order valence-electron chi connectivity index (χ1n) is 15.8. The van der Waals surface area contributed by atoms with Crippen molar-refractivity contribution in [1.29, 1.82) is 0 Å². The van der Waals surface area contributed by atoms with Crippen LogP contribution in [0.15, 0.2) is 69.1 Å². The van der Waals surface area contributed by atoms with Crippen molar-refractivity contribution < 1.29 is 9.59 Å². The molecule has 0 bridgehead atoms. The summed E-state index contributed by atoms with van der Waals surface area (Å²) < 4.78 is 2.10. The molecule has 0 unspecified atom stereocenters. The summed E-state index contributed by atoms with van der Waals surface area (Å²) in [4.78, 5) is 27.6. The summed E-state index contributed by atoms with van der Waals surface area (Å²) in [6.07, 6.45) is 13.5. The molecule has 7 atom stereocenters. The summed E-state index contributed by atoms with van der Waals surface area (Å²) in [5, 5.41) is 0. The molecule has 0 spiro atoms. The first-order chi connectivity index (χ1) is 19.8. The van der Waals surface area contributed by atoms with Crippen LogP contribution < -0.4 is 0 Å². The minimum Gasteiger partial charge on any atom is -0.295 e. The van der Waals surface area contributed by atoms with Crippen LogP contribution in [0.1, 0.15) is 90.7 Å². The molecule has 2 aromatic carbocycles. The van der Waals surface area contributed by atoms with Gasteiger partial charge in [-0.1, -0.05) is 96.8 Å². The van der Waals surface area contributed by atoms with Crippen LogP contribution in [-0.2, 0) is 9.59 Å². The second-order valence-electron chi connectivity index (χ2n) is 15.0. The van der Waals surface area contributed by atoms with Gasteiger partial charge in [0.25, 0.3) is 0 Å². The van der Waals surface area contributed by atoms with E-state index in [2.05, 4.69) is 96.8 Å². The van der Waals surface area contributed by atoms with Crippen molar-refractivity contribution in [2.45, 2.75) is 79.6 Å². The molecule has 42 heavy (non-hydrogen) atoms. The highest BCUT2D eigenvalue weighted by Crippen LogP contribution is 2.75. The molecule has 0 radical (unpaired) electrons. The number of Topliss-reactive ketones (excluding diaryl/α,β-unsaturated/α-hetero) is 1. The predicted octanol–water partition coefficient (Wildman–Crippen LogP) is 10.7. The fourth-order valence-corrected chi connectivity index (χ4v) is 11.2. The number of fused-ring (bicyclic) bond motifs is 5. The lowest BCUT2D eigenvalue weighted by Gasteiger charge is -2.69. The molecule has 4 heteroatoms. The minimum absolute atomic E-state index is 0.0587. The van der Waals surface area contributed by atoms with Gasteiger partial charge < -0.3 is 0 Å². The van der Waals surface area contributed by atoms with E-state index in [0.29, 0.717) is 29.3 Å². The first kappa shape index (κ1) is 30.3. The van der Waals surface area contributed by atoms with E-state index in [4.69, 9.17) is 0 Å². The molecule has 0 heterocycles. The highest BCUT2D eigenvalue weighted by Gasteiger charge is 2.69. The Morgan fingerprint density at radius 2 is 1.36 bits per heavy atom. The Morgan fingerprint density at radius 3 is 2.00 bits per heavy atom. The molecule has 4 aliphatic carbocycles. The molecule has 0 N–H and O–H groups in total. The van der Waals surface area contributed by atoms with Crippen LogP contribution in [0.2, 0.25) is 0 Å². The quantitative estimate of drug-likeness (QED) is 0.299. The lowest BCUT2D eigenvalue weighted by molar-refractivity contribution is -0.196. The van der Waals surface area contributed by atoms with E-state index in [1.54, 1.807) is 0 Å². The number of halogens is 2. The molecule has 222 valence electrons. The minimum atomic E-state index is -0.376. The zero-order chi connectivity index (χ0) is 30.1. The Hall–Kier alpha value is -1.78. The summed E-state index contributed by atoms with van der Waals surface area (Å²) in [6, 6.07) is 16.5. The fourth-order valence-electron chi connectivity index (χ4n) is 10.7. The number of hydrogen-bond donors (Lipinski definition) is 0. The summed E-state index contributed by atoms with van der Waals surface area (Å²) >= 11 is 7.05. The topological polar surface area (TPSA) is 34.1 Å². The standard InChI is InChI=1S/C38H44Br2O2/c1-35(2)32-19-21-38(5)33(36(32,3)23-26(34(35)42)22-25-8-13-28(40)14-9-25)17-15-30-29(18-20-37(30,38)4)31(41)16-10-24-6-11-27(39)12-7-24/h6-14,16,22,29-30,32-33H,15,17-21,23H2,1-5H3/b16-10+,26-22-/t29-,30+,32-,33+,36-,37+,38+/m0/s1. The second kappa shape index (κ2) is 10.7.